The molecule has 3 aromatic rings. The van der Waals surface area contributed by atoms with E-state index in [-0.39, 0.29) is 17.4 Å². The Morgan fingerprint density at radius 3 is 2.85 bits per heavy atom. The Bertz CT molecular complexity index is 1040. The predicted octanol–water partition coefficient (Wildman–Crippen LogP) is 3.48. The molecule has 2 aliphatic rings. The number of piperidine rings is 1. The molecular formula is C20H21N3O3S. The van der Waals surface area contributed by atoms with Crippen LogP contribution in [0.3, 0.4) is 0 Å². The van der Waals surface area contributed by atoms with E-state index >= 15 is 0 Å². The number of H-pyrrole nitrogens is 1. The number of fused-ring (bicyclic) bond motifs is 3. The van der Waals surface area contributed by atoms with Crippen molar-refractivity contribution in [1.29, 1.82) is 0 Å². The normalized spacial score (nSPS) is 18.0. The van der Waals surface area contributed by atoms with E-state index in [9.17, 15) is 9.59 Å². The van der Waals surface area contributed by atoms with Crippen molar-refractivity contribution < 1.29 is 9.21 Å². The Labute approximate surface area is 160 Å². The van der Waals surface area contributed by atoms with Crippen molar-refractivity contribution in [3.8, 4) is 0 Å². The van der Waals surface area contributed by atoms with Gasteiger partial charge in [0.05, 0.1) is 11.6 Å². The van der Waals surface area contributed by atoms with E-state index in [0.29, 0.717) is 18.8 Å². The number of hydrogen-bond acceptors (Lipinski definition) is 5. The molecular weight excluding hydrogens is 362 g/mol. The first kappa shape index (κ1) is 16.7. The average molecular weight is 383 g/mol. The lowest BCUT2D eigenvalue weighted by atomic mass is 9.95. The van der Waals surface area contributed by atoms with Crippen LogP contribution in [0.25, 0.3) is 10.2 Å². The fraction of sp³-hybridized carbons (Fsp3) is 0.450. The topological polar surface area (TPSA) is 79.2 Å². The van der Waals surface area contributed by atoms with Gasteiger partial charge in [-0.3, -0.25) is 9.59 Å². The van der Waals surface area contributed by atoms with Gasteiger partial charge in [0, 0.05) is 23.9 Å². The zero-order valence-corrected chi connectivity index (χ0v) is 15.8. The van der Waals surface area contributed by atoms with Gasteiger partial charge < -0.3 is 14.3 Å². The van der Waals surface area contributed by atoms with E-state index in [1.165, 1.54) is 23.1 Å². The van der Waals surface area contributed by atoms with Crippen LogP contribution >= 0.6 is 11.3 Å². The van der Waals surface area contributed by atoms with Crippen LogP contribution in [0.1, 0.15) is 58.4 Å². The molecule has 6 nitrogen and oxygen atoms in total. The number of thiophene rings is 1. The Morgan fingerprint density at radius 1 is 1.26 bits per heavy atom. The van der Waals surface area contributed by atoms with Crippen LogP contribution in [0.2, 0.25) is 0 Å². The molecule has 0 unspecified atom stereocenters. The van der Waals surface area contributed by atoms with Gasteiger partial charge in [0.25, 0.3) is 11.5 Å². The number of amides is 1. The summed E-state index contributed by atoms with van der Waals surface area (Å²) in [6.07, 6.45) is 7.53. The van der Waals surface area contributed by atoms with Gasteiger partial charge in [0.15, 0.2) is 5.76 Å². The second-order valence-electron chi connectivity index (χ2n) is 7.39. The van der Waals surface area contributed by atoms with E-state index in [1.54, 1.807) is 23.5 Å². The van der Waals surface area contributed by atoms with E-state index in [1.807, 2.05) is 4.90 Å². The smallest absolute Gasteiger partial charge is 0.289 e. The lowest BCUT2D eigenvalue weighted by molar-refractivity contribution is 0.0679. The molecule has 1 aliphatic carbocycles. The van der Waals surface area contributed by atoms with Crippen LogP contribution in [0.5, 0.6) is 0 Å². The van der Waals surface area contributed by atoms with Gasteiger partial charge >= 0.3 is 0 Å². The minimum Gasteiger partial charge on any atom is -0.459 e. The summed E-state index contributed by atoms with van der Waals surface area (Å²) in [5.74, 6) is 1.27. The molecule has 5 rings (SSSR count). The second kappa shape index (κ2) is 6.64. The van der Waals surface area contributed by atoms with Crippen molar-refractivity contribution in [1.82, 2.24) is 14.9 Å². The molecule has 0 radical (unpaired) electrons. The van der Waals surface area contributed by atoms with Crippen molar-refractivity contribution in [3.05, 3.63) is 50.8 Å². The molecule has 27 heavy (non-hydrogen) atoms. The van der Waals surface area contributed by atoms with Crippen molar-refractivity contribution in [2.24, 2.45) is 0 Å². The Kier molecular flexibility index (Phi) is 4.11. The third kappa shape index (κ3) is 2.90. The first-order valence-corrected chi connectivity index (χ1v) is 10.4. The number of nitrogens with one attached hydrogen (secondary N) is 1. The summed E-state index contributed by atoms with van der Waals surface area (Å²) in [4.78, 5) is 37.1. The number of carbonyl (C=O) groups is 1. The fourth-order valence-electron chi connectivity index (χ4n) is 4.29. The standard InChI is InChI=1S/C20H21N3O3S/c24-18-16-13-4-1-2-6-15(13)27-19(16)22-17(21-18)12-7-9-23(10-8-12)20(25)14-5-3-11-26-14/h3,5,11-12H,1-2,4,6-10H2,(H,21,22,24). The number of nitrogens with zero attached hydrogens (tertiary/aromatic N) is 2. The third-order valence-electron chi connectivity index (χ3n) is 5.74. The quantitative estimate of drug-likeness (QED) is 0.735. The monoisotopic (exact) mass is 383 g/mol. The lowest BCUT2D eigenvalue weighted by Crippen LogP contribution is -2.38. The molecule has 1 amide bonds. The van der Waals surface area contributed by atoms with Gasteiger partial charge in [-0.15, -0.1) is 11.3 Å². The van der Waals surface area contributed by atoms with E-state index in [4.69, 9.17) is 9.40 Å². The van der Waals surface area contributed by atoms with Crippen LogP contribution in [-0.2, 0) is 12.8 Å². The molecule has 0 atom stereocenters. The first-order valence-electron chi connectivity index (χ1n) is 9.58. The van der Waals surface area contributed by atoms with Gasteiger partial charge in [-0.1, -0.05) is 0 Å². The summed E-state index contributed by atoms with van der Waals surface area (Å²) < 4.78 is 5.21. The maximum atomic E-state index is 12.7. The Morgan fingerprint density at radius 2 is 2.07 bits per heavy atom. The molecule has 7 heteroatoms. The zero-order chi connectivity index (χ0) is 18.4. The predicted molar refractivity (Wildman–Crippen MR) is 103 cm³/mol. The fourth-order valence-corrected chi connectivity index (χ4v) is 5.56. The van der Waals surface area contributed by atoms with E-state index in [0.717, 1.165) is 48.1 Å². The number of carbonyl (C=O) groups excluding carboxylic acids is 1. The molecule has 3 aromatic heterocycles. The highest BCUT2D eigenvalue weighted by molar-refractivity contribution is 7.18. The van der Waals surface area contributed by atoms with Crippen molar-refractivity contribution in [2.45, 2.75) is 44.4 Å². The van der Waals surface area contributed by atoms with Crippen LogP contribution in [-0.4, -0.2) is 33.9 Å². The van der Waals surface area contributed by atoms with Gasteiger partial charge in [-0.05, 0) is 56.2 Å². The number of rotatable bonds is 2. The largest absolute Gasteiger partial charge is 0.459 e. The maximum Gasteiger partial charge on any atom is 0.289 e. The van der Waals surface area contributed by atoms with Gasteiger partial charge in [-0.2, -0.15) is 0 Å². The zero-order valence-electron chi connectivity index (χ0n) is 15.0. The molecule has 0 bridgehead atoms. The van der Waals surface area contributed by atoms with Gasteiger partial charge in [0.2, 0.25) is 0 Å². The highest BCUT2D eigenvalue weighted by atomic mass is 32.1. The number of aromatic nitrogens is 2. The number of hydrogen-bond donors (Lipinski definition) is 1. The summed E-state index contributed by atoms with van der Waals surface area (Å²) in [7, 11) is 0. The average Bonchev–Trinajstić information content (AvgIpc) is 3.35. The maximum absolute atomic E-state index is 12.7. The number of aryl methyl sites for hydroxylation is 2. The molecule has 1 fully saturated rings. The summed E-state index contributed by atoms with van der Waals surface area (Å²) in [6.45, 7) is 1.29. The van der Waals surface area contributed by atoms with Gasteiger partial charge in [-0.25, -0.2) is 4.98 Å². The minimum atomic E-state index is -0.0683. The highest BCUT2D eigenvalue weighted by Gasteiger charge is 2.28. The summed E-state index contributed by atoms with van der Waals surface area (Å²) in [5.41, 5.74) is 1.23. The molecule has 1 N–H and O–H groups in total. The molecule has 1 saturated heterocycles. The summed E-state index contributed by atoms with van der Waals surface area (Å²) in [6, 6.07) is 3.42. The summed E-state index contributed by atoms with van der Waals surface area (Å²) in [5, 5.41) is 0.809. The van der Waals surface area contributed by atoms with Crippen LogP contribution in [0, 0.1) is 0 Å². The number of likely N-dealkylation sites (tertiary alicyclic amines) is 1. The molecule has 0 saturated carbocycles. The molecule has 0 aromatic carbocycles. The van der Waals surface area contributed by atoms with E-state index < -0.39 is 0 Å². The summed E-state index contributed by atoms with van der Waals surface area (Å²) >= 11 is 1.69. The highest BCUT2D eigenvalue weighted by Crippen LogP contribution is 2.35. The second-order valence-corrected chi connectivity index (χ2v) is 8.47. The SMILES string of the molecule is O=C(c1ccco1)N1CCC(c2nc3sc4c(c3c(=O)[nH]2)CCCC4)CC1. The number of furan rings is 1. The molecule has 140 valence electrons. The molecule has 0 spiro atoms. The Hall–Kier alpha value is -2.41. The van der Waals surface area contributed by atoms with Crippen LogP contribution in [0.4, 0.5) is 0 Å². The van der Waals surface area contributed by atoms with Crippen molar-refractivity contribution >= 4 is 27.5 Å². The number of aromatic amines is 1. The minimum absolute atomic E-state index is 0.00323. The lowest BCUT2D eigenvalue weighted by Gasteiger charge is -2.30. The van der Waals surface area contributed by atoms with Crippen LogP contribution < -0.4 is 5.56 Å². The van der Waals surface area contributed by atoms with Crippen molar-refractivity contribution in [3.63, 3.8) is 0 Å². The van der Waals surface area contributed by atoms with Crippen LogP contribution in [0.15, 0.2) is 27.6 Å². The van der Waals surface area contributed by atoms with Gasteiger partial charge in [0.1, 0.15) is 10.7 Å². The van der Waals surface area contributed by atoms with Crippen molar-refractivity contribution in [2.75, 3.05) is 13.1 Å². The molecule has 1 aliphatic heterocycles. The van der Waals surface area contributed by atoms with E-state index in [2.05, 4.69) is 4.98 Å². The molecule has 4 heterocycles. The Balaban J connectivity index is 1.37. The third-order valence-corrected chi connectivity index (χ3v) is 6.93. The first-order chi connectivity index (χ1) is 13.2.